The maximum atomic E-state index is 12.7. The summed E-state index contributed by atoms with van der Waals surface area (Å²) in [4.78, 5) is 24.7. The van der Waals surface area contributed by atoms with Crippen LogP contribution in [0.1, 0.15) is 27.6 Å². The zero-order chi connectivity index (χ0) is 17.5. The van der Waals surface area contributed by atoms with E-state index in [-0.39, 0.29) is 16.3 Å². The zero-order valence-corrected chi connectivity index (χ0v) is 14.2. The fourth-order valence-corrected chi connectivity index (χ4v) is 2.47. The van der Waals surface area contributed by atoms with E-state index in [2.05, 4.69) is 5.32 Å². The molecule has 24 heavy (non-hydrogen) atoms. The number of hydrogen-bond donors (Lipinski definition) is 1. The highest BCUT2D eigenvalue weighted by atomic mass is 32.1. The molecule has 0 saturated heterocycles. The maximum absolute atomic E-state index is 12.7. The molecule has 0 aliphatic rings. The Kier molecular flexibility index (Phi) is 6.03. The average molecular weight is 343 g/mol. The number of carbonyl (C=O) groups is 2. The number of amides is 1. The molecule has 0 unspecified atom stereocenters. The number of ether oxygens (including phenoxy) is 2. The van der Waals surface area contributed by atoms with E-state index in [9.17, 15) is 9.59 Å². The van der Waals surface area contributed by atoms with Crippen LogP contribution in [0.2, 0.25) is 0 Å². The highest BCUT2D eigenvalue weighted by Gasteiger charge is 2.23. The molecule has 0 aliphatic heterocycles. The molecular weight excluding hydrogens is 326 g/mol. The lowest BCUT2D eigenvalue weighted by molar-refractivity contribution is 0.0596. The van der Waals surface area contributed by atoms with Gasteiger partial charge in [0, 0.05) is 0 Å². The lowest BCUT2D eigenvalue weighted by atomic mass is 9.94. The molecule has 0 spiro atoms. The molecule has 0 aliphatic carbocycles. The largest absolute Gasteiger partial charge is 0.471 e. The second kappa shape index (κ2) is 8.21. The van der Waals surface area contributed by atoms with Crippen LogP contribution in [0.25, 0.3) is 11.1 Å². The van der Waals surface area contributed by atoms with Gasteiger partial charge in [-0.15, -0.1) is 0 Å². The fourth-order valence-electron chi connectivity index (χ4n) is 2.26. The van der Waals surface area contributed by atoms with Gasteiger partial charge in [-0.3, -0.25) is 10.1 Å². The fraction of sp³-hybridized carbons (Fsp3) is 0.167. The summed E-state index contributed by atoms with van der Waals surface area (Å²) in [5.41, 5.74) is 1.76. The first-order valence-electron chi connectivity index (χ1n) is 7.33. The van der Waals surface area contributed by atoms with Crippen molar-refractivity contribution >= 4 is 29.3 Å². The van der Waals surface area contributed by atoms with Gasteiger partial charge in [-0.25, -0.2) is 4.79 Å². The quantitative estimate of drug-likeness (QED) is 0.682. The molecule has 0 atom stereocenters. The van der Waals surface area contributed by atoms with Gasteiger partial charge in [0.15, 0.2) is 0 Å². The summed E-state index contributed by atoms with van der Waals surface area (Å²) >= 11 is 4.96. The molecule has 0 saturated carbocycles. The third-order valence-corrected chi connectivity index (χ3v) is 3.49. The van der Waals surface area contributed by atoms with Gasteiger partial charge in [-0.05, 0) is 36.3 Å². The molecule has 2 rings (SSSR count). The SMILES string of the molecule is CCOC(=S)NC(=O)c1c(C(=O)OC)cccc1-c1ccccc1. The Balaban J connectivity index is 2.54. The zero-order valence-electron chi connectivity index (χ0n) is 13.4. The second-order valence-corrected chi connectivity index (χ2v) is 5.13. The molecule has 2 aromatic carbocycles. The van der Waals surface area contributed by atoms with Crippen LogP contribution in [0.5, 0.6) is 0 Å². The standard InChI is InChI=1S/C18H17NO4S/c1-3-23-18(24)19-16(20)15-13(12-8-5-4-6-9-12)10-7-11-14(15)17(21)22-2/h4-11H,3H2,1-2H3,(H,19,20,24). The van der Waals surface area contributed by atoms with Crippen molar-refractivity contribution in [3.8, 4) is 11.1 Å². The Morgan fingerprint density at radius 2 is 1.79 bits per heavy atom. The van der Waals surface area contributed by atoms with Gasteiger partial charge < -0.3 is 9.47 Å². The number of methoxy groups -OCH3 is 1. The van der Waals surface area contributed by atoms with Crippen LogP contribution in [0.15, 0.2) is 48.5 Å². The Morgan fingerprint density at radius 3 is 2.42 bits per heavy atom. The highest BCUT2D eigenvalue weighted by Crippen LogP contribution is 2.27. The monoisotopic (exact) mass is 343 g/mol. The van der Waals surface area contributed by atoms with Crippen LogP contribution in [0.4, 0.5) is 0 Å². The van der Waals surface area contributed by atoms with Gasteiger partial charge in [0.1, 0.15) is 0 Å². The van der Waals surface area contributed by atoms with Gasteiger partial charge in [-0.1, -0.05) is 42.5 Å². The third-order valence-electron chi connectivity index (χ3n) is 3.27. The molecule has 6 heteroatoms. The first-order valence-corrected chi connectivity index (χ1v) is 7.74. The molecule has 0 bridgehead atoms. The van der Waals surface area contributed by atoms with Crippen LogP contribution >= 0.6 is 12.2 Å². The highest BCUT2D eigenvalue weighted by molar-refractivity contribution is 7.80. The third kappa shape index (κ3) is 3.97. The van der Waals surface area contributed by atoms with Crippen LogP contribution in [-0.2, 0) is 9.47 Å². The number of benzene rings is 2. The van der Waals surface area contributed by atoms with Crippen LogP contribution in [0, 0.1) is 0 Å². The van der Waals surface area contributed by atoms with E-state index < -0.39 is 11.9 Å². The van der Waals surface area contributed by atoms with Gasteiger partial charge in [0.05, 0.1) is 24.8 Å². The molecule has 124 valence electrons. The summed E-state index contributed by atoms with van der Waals surface area (Å²) in [6.07, 6.45) is 0. The number of esters is 1. The molecular formula is C18H17NO4S. The van der Waals surface area contributed by atoms with E-state index in [1.165, 1.54) is 13.2 Å². The van der Waals surface area contributed by atoms with Gasteiger partial charge in [0.25, 0.3) is 11.1 Å². The van der Waals surface area contributed by atoms with E-state index in [1.807, 2.05) is 30.3 Å². The molecule has 2 aromatic rings. The lowest BCUT2D eigenvalue weighted by Gasteiger charge is -2.14. The van der Waals surface area contributed by atoms with Crippen molar-refractivity contribution in [3.05, 3.63) is 59.7 Å². The van der Waals surface area contributed by atoms with E-state index in [0.717, 1.165) is 5.56 Å². The van der Waals surface area contributed by atoms with Crippen molar-refractivity contribution in [2.45, 2.75) is 6.92 Å². The Morgan fingerprint density at radius 1 is 1.08 bits per heavy atom. The van der Waals surface area contributed by atoms with Gasteiger partial charge >= 0.3 is 5.97 Å². The molecule has 1 amide bonds. The van der Waals surface area contributed by atoms with Crippen LogP contribution in [0.3, 0.4) is 0 Å². The number of carbonyl (C=O) groups excluding carboxylic acids is 2. The first-order chi connectivity index (χ1) is 11.6. The van der Waals surface area contributed by atoms with Gasteiger partial charge in [-0.2, -0.15) is 0 Å². The summed E-state index contributed by atoms with van der Waals surface area (Å²) in [5.74, 6) is -1.12. The predicted molar refractivity (Wildman–Crippen MR) is 94.9 cm³/mol. The van der Waals surface area contributed by atoms with Crippen molar-refractivity contribution in [2.75, 3.05) is 13.7 Å². The van der Waals surface area contributed by atoms with Crippen molar-refractivity contribution in [1.29, 1.82) is 0 Å². The minimum atomic E-state index is -0.597. The normalized spacial score (nSPS) is 9.92. The summed E-state index contributed by atoms with van der Waals surface area (Å²) in [7, 11) is 1.27. The van der Waals surface area contributed by atoms with E-state index in [0.29, 0.717) is 12.2 Å². The minimum absolute atomic E-state index is 0.0406. The summed E-state index contributed by atoms with van der Waals surface area (Å²) in [6, 6.07) is 14.3. The molecule has 0 fully saturated rings. The van der Waals surface area contributed by atoms with Crippen molar-refractivity contribution in [1.82, 2.24) is 5.32 Å². The number of rotatable bonds is 4. The average Bonchev–Trinajstić information content (AvgIpc) is 2.61. The molecule has 0 aromatic heterocycles. The number of hydrogen-bond acceptors (Lipinski definition) is 5. The van der Waals surface area contributed by atoms with Crippen LogP contribution in [-0.4, -0.2) is 30.8 Å². The maximum Gasteiger partial charge on any atom is 0.338 e. The van der Waals surface area contributed by atoms with Gasteiger partial charge in [0.2, 0.25) is 0 Å². The predicted octanol–water partition coefficient (Wildman–Crippen LogP) is 3.19. The van der Waals surface area contributed by atoms with Crippen molar-refractivity contribution in [3.63, 3.8) is 0 Å². The molecule has 1 N–H and O–H groups in total. The first kappa shape index (κ1) is 17.6. The Bertz CT molecular complexity index is 759. The topological polar surface area (TPSA) is 64.6 Å². The molecule has 5 nitrogen and oxygen atoms in total. The molecule has 0 radical (unpaired) electrons. The van der Waals surface area contributed by atoms with E-state index in [1.54, 1.807) is 19.1 Å². The van der Waals surface area contributed by atoms with Crippen molar-refractivity contribution < 1.29 is 19.1 Å². The smallest absolute Gasteiger partial charge is 0.338 e. The summed E-state index contributed by atoms with van der Waals surface area (Å²) in [6.45, 7) is 2.10. The number of nitrogens with one attached hydrogen (secondary N) is 1. The van der Waals surface area contributed by atoms with E-state index in [4.69, 9.17) is 21.7 Å². The Hall–Kier alpha value is -2.73. The lowest BCUT2D eigenvalue weighted by Crippen LogP contribution is -2.32. The van der Waals surface area contributed by atoms with Crippen molar-refractivity contribution in [2.24, 2.45) is 0 Å². The van der Waals surface area contributed by atoms with Crippen LogP contribution < -0.4 is 5.32 Å². The molecule has 0 heterocycles. The minimum Gasteiger partial charge on any atom is -0.471 e. The summed E-state index contributed by atoms with van der Waals surface area (Å²) in [5, 5.41) is 2.45. The van der Waals surface area contributed by atoms with E-state index >= 15 is 0 Å². The summed E-state index contributed by atoms with van der Waals surface area (Å²) < 4.78 is 9.88. The Labute approximate surface area is 145 Å². The second-order valence-electron chi connectivity index (χ2n) is 4.76. The number of thiocarbonyl (C=S) groups is 1.